The fourth-order valence-corrected chi connectivity index (χ4v) is 4.04. The first-order valence-electron chi connectivity index (χ1n) is 11.3. The third-order valence-electron chi connectivity index (χ3n) is 5.95. The van der Waals surface area contributed by atoms with Crippen molar-refractivity contribution in [3.63, 3.8) is 0 Å². The molecule has 0 radical (unpaired) electrons. The quantitative estimate of drug-likeness (QED) is 0.528. The van der Waals surface area contributed by atoms with E-state index in [9.17, 15) is 18.0 Å². The molecule has 3 aromatic rings. The first-order chi connectivity index (χ1) is 16.7. The number of nitrogens with zero attached hydrogens (tertiary/aromatic N) is 3. The van der Waals surface area contributed by atoms with Gasteiger partial charge in [-0.2, -0.15) is 13.2 Å². The number of aliphatic hydroxyl groups is 1. The largest absolute Gasteiger partial charge is 0.484 e. The molecule has 1 aliphatic rings. The van der Waals surface area contributed by atoms with Crippen LogP contribution in [0.3, 0.4) is 0 Å². The van der Waals surface area contributed by atoms with Crippen molar-refractivity contribution in [2.75, 3.05) is 56.2 Å². The highest BCUT2D eigenvalue weighted by atomic mass is 19.4. The second kappa shape index (κ2) is 10.5. The summed E-state index contributed by atoms with van der Waals surface area (Å²) >= 11 is 0. The van der Waals surface area contributed by atoms with Gasteiger partial charge in [-0.25, -0.2) is 4.98 Å². The number of carbonyl (C=O) groups excluding carboxylic acids is 1. The molecular weight excluding hydrogens is 461 g/mol. The third kappa shape index (κ3) is 6.20. The van der Waals surface area contributed by atoms with E-state index in [1.165, 1.54) is 12.1 Å². The molecule has 7 nitrogen and oxygen atoms in total. The van der Waals surface area contributed by atoms with Crippen molar-refractivity contribution in [2.24, 2.45) is 0 Å². The zero-order valence-corrected chi connectivity index (χ0v) is 19.3. The zero-order valence-electron chi connectivity index (χ0n) is 19.3. The van der Waals surface area contributed by atoms with Crippen molar-refractivity contribution < 1.29 is 27.8 Å². The Kier molecular flexibility index (Phi) is 7.42. The molecule has 1 aromatic heterocycles. The molecular formula is C25H27F3N4O3. The van der Waals surface area contributed by atoms with Crippen LogP contribution in [0.5, 0.6) is 5.75 Å². The van der Waals surface area contributed by atoms with Crippen molar-refractivity contribution in [1.29, 1.82) is 0 Å². The number of carbonyl (C=O) groups is 1. The highest BCUT2D eigenvalue weighted by Crippen LogP contribution is 2.30. The standard InChI is InChI=1S/C25H27F3N4O3/c1-17-14-23(32-10-8-31(9-11-32)12-13-33)30-22-7-4-19(15-21(17)22)29-24(34)16-35-20-5-2-18(3-6-20)25(26,27)28/h2-7,14-15,33H,8-13,16H2,1H3,(H,29,34). The summed E-state index contributed by atoms with van der Waals surface area (Å²) in [6.07, 6.45) is -4.42. The van der Waals surface area contributed by atoms with Gasteiger partial charge in [0.05, 0.1) is 17.7 Å². The number of piperazine rings is 1. The fourth-order valence-electron chi connectivity index (χ4n) is 4.04. The fraction of sp³-hybridized carbons (Fsp3) is 0.360. The molecule has 4 rings (SSSR count). The Morgan fingerprint density at radius 3 is 2.46 bits per heavy atom. The number of ether oxygens (including phenoxy) is 1. The first kappa shape index (κ1) is 24.7. The van der Waals surface area contributed by atoms with Crippen molar-refractivity contribution in [2.45, 2.75) is 13.1 Å². The number of rotatable bonds is 7. The van der Waals surface area contributed by atoms with Gasteiger partial charge < -0.3 is 20.1 Å². The molecule has 0 atom stereocenters. The van der Waals surface area contributed by atoms with Gasteiger partial charge in [0.2, 0.25) is 0 Å². The number of aliphatic hydroxyl groups excluding tert-OH is 1. The van der Waals surface area contributed by atoms with Crippen molar-refractivity contribution in [3.8, 4) is 5.75 Å². The van der Waals surface area contributed by atoms with Gasteiger partial charge in [-0.3, -0.25) is 9.69 Å². The number of halogens is 3. The zero-order chi connectivity index (χ0) is 25.0. The number of benzene rings is 2. The van der Waals surface area contributed by atoms with E-state index in [1.54, 1.807) is 6.07 Å². The number of aromatic nitrogens is 1. The molecule has 0 unspecified atom stereocenters. The number of alkyl halides is 3. The Bertz CT molecular complexity index is 1180. The normalized spacial score (nSPS) is 14.8. The maximum absolute atomic E-state index is 12.7. The van der Waals surface area contributed by atoms with Crippen LogP contribution in [0.4, 0.5) is 24.7 Å². The van der Waals surface area contributed by atoms with Crippen LogP contribution in [0.1, 0.15) is 11.1 Å². The van der Waals surface area contributed by atoms with Crippen LogP contribution in [-0.2, 0) is 11.0 Å². The second-order valence-electron chi connectivity index (χ2n) is 8.44. The van der Waals surface area contributed by atoms with Crippen LogP contribution in [0, 0.1) is 6.92 Å². The molecule has 0 bridgehead atoms. The predicted molar refractivity (Wildman–Crippen MR) is 128 cm³/mol. The smallest absolute Gasteiger partial charge is 0.416 e. The summed E-state index contributed by atoms with van der Waals surface area (Å²) in [5.41, 5.74) is 1.65. The maximum Gasteiger partial charge on any atom is 0.416 e. The Balaban J connectivity index is 1.37. The van der Waals surface area contributed by atoms with E-state index in [4.69, 9.17) is 14.8 Å². The molecule has 1 saturated heterocycles. The summed E-state index contributed by atoms with van der Waals surface area (Å²) in [7, 11) is 0. The molecule has 0 spiro atoms. The molecule has 186 valence electrons. The predicted octanol–water partition coefficient (Wildman–Crippen LogP) is 3.69. The van der Waals surface area contributed by atoms with Crippen LogP contribution in [0.2, 0.25) is 0 Å². The third-order valence-corrected chi connectivity index (χ3v) is 5.95. The van der Waals surface area contributed by atoms with E-state index in [2.05, 4.69) is 15.1 Å². The van der Waals surface area contributed by atoms with Gasteiger partial charge in [-0.1, -0.05) is 0 Å². The number of hydrogen-bond donors (Lipinski definition) is 2. The van der Waals surface area contributed by atoms with Crippen LogP contribution >= 0.6 is 0 Å². The second-order valence-corrected chi connectivity index (χ2v) is 8.44. The van der Waals surface area contributed by atoms with E-state index < -0.39 is 17.6 Å². The Labute approximate surface area is 201 Å². The minimum Gasteiger partial charge on any atom is -0.484 e. The molecule has 2 heterocycles. The van der Waals surface area contributed by atoms with E-state index in [1.807, 2.05) is 25.1 Å². The molecule has 2 N–H and O–H groups in total. The topological polar surface area (TPSA) is 77.9 Å². The summed E-state index contributed by atoms with van der Waals surface area (Å²) in [5, 5.41) is 12.8. The van der Waals surface area contributed by atoms with Gasteiger partial charge >= 0.3 is 6.18 Å². The lowest BCUT2D eigenvalue weighted by atomic mass is 10.1. The Morgan fingerprint density at radius 1 is 1.09 bits per heavy atom. The average molecular weight is 489 g/mol. The SMILES string of the molecule is Cc1cc(N2CCN(CCO)CC2)nc2ccc(NC(=O)COc3ccc(C(F)(F)F)cc3)cc12. The van der Waals surface area contributed by atoms with Crippen molar-refractivity contribution >= 4 is 28.3 Å². The lowest BCUT2D eigenvalue weighted by Gasteiger charge is -2.35. The summed E-state index contributed by atoms with van der Waals surface area (Å²) < 4.78 is 43.3. The molecule has 2 aromatic carbocycles. The minimum atomic E-state index is -4.42. The number of anilines is 2. The Morgan fingerprint density at radius 2 is 1.80 bits per heavy atom. The van der Waals surface area contributed by atoms with Gasteiger partial charge in [-0.15, -0.1) is 0 Å². The van der Waals surface area contributed by atoms with Crippen molar-refractivity contribution in [1.82, 2.24) is 9.88 Å². The van der Waals surface area contributed by atoms with Crippen LogP contribution in [-0.4, -0.2) is 66.8 Å². The van der Waals surface area contributed by atoms with E-state index in [0.29, 0.717) is 12.2 Å². The van der Waals surface area contributed by atoms with Gasteiger partial charge in [0.15, 0.2) is 6.61 Å². The van der Waals surface area contributed by atoms with Crippen LogP contribution < -0.4 is 15.0 Å². The van der Waals surface area contributed by atoms with Crippen LogP contribution in [0.15, 0.2) is 48.5 Å². The van der Waals surface area contributed by atoms with E-state index in [0.717, 1.165) is 60.6 Å². The lowest BCUT2D eigenvalue weighted by molar-refractivity contribution is -0.137. The summed E-state index contributed by atoms with van der Waals surface area (Å²) in [4.78, 5) is 21.6. The highest BCUT2D eigenvalue weighted by molar-refractivity contribution is 5.95. The summed E-state index contributed by atoms with van der Waals surface area (Å²) in [6.45, 7) is 5.93. The average Bonchev–Trinajstić information content (AvgIpc) is 2.83. The minimum absolute atomic E-state index is 0.160. The molecule has 0 aliphatic carbocycles. The number of pyridine rings is 1. The van der Waals surface area contributed by atoms with Crippen molar-refractivity contribution in [3.05, 3.63) is 59.7 Å². The number of hydrogen-bond acceptors (Lipinski definition) is 6. The molecule has 1 aliphatic heterocycles. The molecule has 1 fully saturated rings. The van der Waals surface area contributed by atoms with Gasteiger partial charge in [-0.05, 0) is 61.0 Å². The lowest BCUT2D eigenvalue weighted by Crippen LogP contribution is -2.47. The molecule has 0 saturated carbocycles. The number of β-amino-alcohol motifs (C(OH)–C–C–N with tert-alkyl or cyclic N) is 1. The maximum atomic E-state index is 12.7. The molecule has 1 amide bonds. The molecule has 10 heteroatoms. The Hall–Kier alpha value is -3.37. The molecule has 35 heavy (non-hydrogen) atoms. The van der Waals surface area contributed by atoms with Gasteiger partial charge in [0.25, 0.3) is 5.91 Å². The summed E-state index contributed by atoms with van der Waals surface area (Å²) in [6, 6.07) is 11.7. The monoisotopic (exact) mass is 488 g/mol. The van der Waals surface area contributed by atoms with E-state index >= 15 is 0 Å². The van der Waals surface area contributed by atoms with Gasteiger partial charge in [0.1, 0.15) is 11.6 Å². The number of nitrogens with one attached hydrogen (secondary N) is 1. The number of amides is 1. The number of fused-ring (bicyclic) bond motifs is 1. The highest BCUT2D eigenvalue weighted by Gasteiger charge is 2.30. The first-order valence-corrected chi connectivity index (χ1v) is 11.3. The van der Waals surface area contributed by atoms with Gasteiger partial charge in [0, 0.05) is 43.8 Å². The van der Waals surface area contributed by atoms with E-state index in [-0.39, 0.29) is 19.0 Å². The number of aryl methyl sites for hydroxylation is 1. The van der Waals surface area contributed by atoms with Crippen LogP contribution in [0.25, 0.3) is 10.9 Å². The summed E-state index contributed by atoms with van der Waals surface area (Å²) in [5.74, 6) is 0.657.